The maximum atomic E-state index is 3.57. The first-order valence-electron chi connectivity index (χ1n) is 4.36. The Labute approximate surface area is 98.9 Å². The average Bonchev–Trinajstić information content (AvgIpc) is 2.62. The third-order valence-electron chi connectivity index (χ3n) is 2.58. The average molecular weight is 310 g/mol. The Hall–Kier alpha value is -0.600. The molecule has 0 N–H and O–H groups in total. The van der Waals surface area contributed by atoms with Gasteiger partial charge in [-0.3, -0.25) is 0 Å². The second-order valence-corrected chi connectivity index (χ2v) is 5.06. The van der Waals surface area contributed by atoms with E-state index in [0.29, 0.717) is 0 Å². The van der Waals surface area contributed by atoms with Crippen molar-refractivity contribution in [1.29, 1.82) is 0 Å². The fraction of sp³-hybridized carbons (Fsp3) is 0. The van der Waals surface area contributed by atoms with E-state index in [1.165, 1.54) is 21.9 Å². The van der Waals surface area contributed by atoms with Crippen LogP contribution in [0.2, 0.25) is 0 Å². The summed E-state index contributed by atoms with van der Waals surface area (Å²) in [6, 6.07) is 8.49. The molecule has 68 valence electrons. The van der Waals surface area contributed by atoms with Crippen LogP contribution in [0.25, 0.3) is 22.9 Å². The van der Waals surface area contributed by atoms with Crippen LogP contribution in [0.3, 0.4) is 0 Å². The lowest BCUT2D eigenvalue weighted by Crippen LogP contribution is -1.81. The first kappa shape index (κ1) is 8.69. The molecule has 2 aromatic carbocycles. The van der Waals surface area contributed by atoms with Crippen molar-refractivity contribution in [3.63, 3.8) is 0 Å². The second-order valence-electron chi connectivity index (χ2n) is 3.35. The van der Waals surface area contributed by atoms with Gasteiger partial charge < -0.3 is 0 Å². The Kier molecular flexibility index (Phi) is 1.83. The van der Waals surface area contributed by atoms with Crippen LogP contribution in [0.4, 0.5) is 0 Å². The normalized spacial score (nSPS) is 12.7. The number of benzene rings is 2. The molecule has 0 saturated carbocycles. The molecule has 1 aliphatic rings. The van der Waals surface area contributed by atoms with Crippen molar-refractivity contribution < 1.29 is 0 Å². The molecule has 0 spiro atoms. The molecule has 0 saturated heterocycles. The highest BCUT2D eigenvalue weighted by atomic mass is 79.9. The molecule has 2 aromatic rings. The minimum absolute atomic E-state index is 1.16. The molecule has 1 aliphatic carbocycles. The number of hydrogen-bond donors (Lipinski definition) is 0. The van der Waals surface area contributed by atoms with E-state index < -0.39 is 0 Å². The largest absolute Gasteiger partial charge is 0.0532 e. The van der Waals surface area contributed by atoms with Crippen molar-refractivity contribution in [2.45, 2.75) is 0 Å². The zero-order valence-corrected chi connectivity index (χ0v) is 10.4. The van der Waals surface area contributed by atoms with Crippen molar-refractivity contribution in [2.24, 2.45) is 0 Å². The molecular formula is C12H6Br2. The van der Waals surface area contributed by atoms with E-state index >= 15 is 0 Å². The highest BCUT2D eigenvalue weighted by Crippen LogP contribution is 2.39. The molecule has 14 heavy (non-hydrogen) atoms. The van der Waals surface area contributed by atoms with Crippen molar-refractivity contribution in [3.8, 4) is 0 Å². The van der Waals surface area contributed by atoms with Gasteiger partial charge in [0.1, 0.15) is 0 Å². The summed E-state index contributed by atoms with van der Waals surface area (Å²) in [5.41, 5.74) is 2.58. The Balaban J connectivity index is 2.61. The van der Waals surface area contributed by atoms with E-state index in [4.69, 9.17) is 0 Å². The van der Waals surface area contributed by atoms with Gasteiger partial charge in [-0.15, -0.1) is 0 Å². The number of halogens is 2. The molecule has 0 amide bonds. The van der Waals surface area contributed by atoms with E-state index in [9.17, 15) is 0 Å². The number of rotatable bonds is 0. The summed E-state index contributed by atoms with van der Waals surface area (Å²) in [5.74, 6) is 0. The SMILES string of the molecule is Brc1ccc2ccc(Br)c3c2c1C=C3. The van der Waals surface area contributed by atoms with Crippen molar-refractivity contribution >= 4 is 54.8 Å². The molecule has 2 heteroatoms. The zero-order chi connectivity index (χ0) is 9.71. The first-order chi connectivity index (χ1) is 6.77. The molecule has 0 unspecified atom stereocenters. The second kappa shape index (κ2) is 2.94. The van der Waals surface area contributed by atoms with Crippen LogP contribution in [0.1, 0.15) is 11.1 Å². The van der Waals surface area contributed by atoms with Gasteiger partial charge in [0.05, 0.1) is 0 Å². The van der Waals surface area contributed by atoms with Crippen LogP contribution in [-0.4, -0.2) is 0 Å². The lowest BCUT2D eigenvalue weighted by molar-refractivity contribution is 1.64. The van der Waals surface area contributed by atoms with Gasteiger partial charge in [-0.2, -0.15) is 0 Å². The van der Waals surface area contributed by atoms with Gasteiger partial charge in [-0.1, -0.05) is 56.1 Å². The standard InChI is InChI=1S/C12H6Br2/c13-10-5-1-7-2-6-11(14)9-4-3-8(10)12(7)9/h1-6H. The smallest absolute Gasteiger partial charge is 0.0254 e. The van der Waals surface area contributed by atoms with Gasteiger partial charge in [0.2, 0.25) is 0 Å². The lowest BCUT2D eigenvalue weighted by Gasteiger charge is -2.05. The third-order valence-corrected chi connectivity index (χ3v) is 3.96. The molecule has 0 aromatic heterocycles. The van der Waals surface area contributed by atoms with Gasteiger partial charge in [0.25, 0.3) is 0 Å². The Morgan fingerprint density at radius 3 is 1.71 bits per heavy atom. The molecule has 0 heterocycles. The molecule has 0 nitrogen and oxygen atoms in total. The van der Waals surface area contributed by atoms with E-state index in [1.54, 1.807) is 0 Å². The Morgan fingerprint density at radius 1 is 0.714 bits per heavy atom. The van der Waals surface area contributed by atoms with Gasteiger partial charge in [-0.05, 0) is 34.0 Å². The van der Waals surface area contributed by atoms with Gasteiger partial charge in [0.15, 0.2) is 0 Å². The highest BCUT2D eigenvalue weighted by Gasteiger charge is 2.13. The quantitative estimate of drug-likeness (QED) is 0.557. The highest BCUT2D eigenvalue weighted by molar-refractivity contribution is 9.10. The van der Waals surface area contributed by atoms with Crippen LogP contribution in [0.15, 0.2) is 33.2 Å². The van der Waals surface area contributed by atoms with E-state index in [1.807, 2.05) is 0 Å². The van der Waals surface area contributed by atoms with Gasteiger partial charge in [-0.25, -0.2) is 0 Å². The van der Waals surface area contributed by atoms with Gasteiger partial charge in [0, 0.05) is 8.95 Å². The number of hydrogen-bond acceptors (Lipinski definition) is 0. The monoisotopic (exact) mass is 308 g/mol. The minimum atomic E-state index is 1.16. The van der Waals surface area contributed by atoms with Crippen molar-refractivity contribution in [2.75, 3.05) is 0 Å². The summed E-state index contributed by atoms with van der Waals surface area (Å²) >= 11 is 7.14. The molecule has 0 bridgehead atoms. The topological polar surface area (TPSA) is 0 Å². The van der Waals surface area contributed by atoms with Crippen molar-refractivity contribution in [3.05, 3.63) is 44.3 Å². The molecule has 0 radical (unpaired) electrons. The maximum absolute atomic E-state index is 3.57. The zero-order valence-electron chi connectivity index (χ0n) is 7.22. The molecule has 0 aliphatic heterocycles. The fourth-order valence-corrected chi connectivity index (χ4v) is 2.84. The van der Waals surface area contributed by atoms with Crippen LogP contribution in [0.5, 0.6) is 0 Å². The summed E-state index contributed by atoms with van der Waals surface area (Å²) in [4.78, 5) is 0. The van der Waals surface area contributed by atoms with Crippen molar-refractivity contribution in [1.82, 2.24) is 0 Å². The summed E-state index contributed by atoms with van der Waals surface area (Å²) in [7, 11) is 0. The van der Waals surface area contributed by atoms with Crippen LogP contribution in [-0.2, 0) is 0 Å². The van der Waals surface area contributed by atoms with Crippen LogP contribution in [0, 0.1) is 0 Å². The Bertz CT molecular complexity index is 521. The van der Waals surface area contributed by atoms with Crippen LogP contribution >= 0.6 is 31.9 Å². The third kappa shape index (κ3) is 1.04. The molecule has 3 rings (SSSR count). The summed E-state index contributed by atoms with van der Waals surface area (Å²) < 4.78 is 2.33. The molecular weight excluding hydrogens is 304 g/mol. The summed E-state index contributed by atoms with van der Waals surface area (Å²) in [6.07, 6.45) is 4.32. The predicted octanol–water partition coefficient (Wildman–Crippen LogP) is 4.85. The predicted molar refractivity (Wildman–Crippen MR) is 68.3 cm³/mol. The fourth-order valence-electron chi connectivity index (χ4n) is 1.92. The minimum Gasteiger partial charge on any atom is -0.0532 e. The van der Waals surface area contributed by atoms with E-state index in [2.05, 4.69) is 68.3 Å². The summed E-state index contributed by atoms with van der Waals surface area (Å²) in [5, 5.41) is 2.64. The van der Waals surface area contributed by atoms with E-state index in [0.717, 1.165) is 8.95 Å². The lowest BCUT2D eigenvalue weighted by atomic mass is 10.0. The van der Waals surface area contributed by atoms with Gasteiger partial charge >= 0.3 is 0 Å². The first-order valence-corrected chi connectivity index (χ1v) is 5.95. The Morgan fingerprint density at radius 2 is 1.21 bits per heavy atom. The summed E-state index contributed by atoms with van der Waals surface area (Å²) in [6.45, 7) is 0. The molecule has 0 fully saturated rings. The maximum Gasteiger partial charge on any atom is 0.0254 e. The molecule has 0 atom stereocenters. The van der Waals surface area contributed by atoms with E-state index in [-0.39, 0.29) is 0 Å². The van der Waals surface area contributed by atoms with Crippen LogP contribution < -0.4 is 0 Å².